The second-order valence-electron chi connectivity index (χ2n) is 6.85. The Morgan fingerprint density at radius 2 is 1.79 bits per heavy atom. The number of halogens is 1. The third kappa shape index (κ3) is 6.03. The van der Waals surface area contributed by atoms with Crippen molar-refractivity contribution in [2.24, 2.45) is 10.9 Å². The number of nitrogens with zero attached hydrogens (tertiary/aromatic N) is 1. The van der Waals surface area contributed by atoms with Crippen LogP contribution in [0.4, 0.5) is 4.39 Å². The fourth-order valence-corrected chi connectivity index (χ4v) is 3.79. The number of hydrogen-bond acceptors (Lipinski definition) is 3. The molecule has 0 atom stereocenters. The quantitative estimate of drug-likeness (QED) is 0.466. The smallest absolute Gasteiger partial charge is 0.240 e. The summed E-state index contributed by atoms with van der Waals surface area (Å²) in [5.41, 5.74) is 1.38. The molecule has 1 saturated carbocycles. The third-order valence-corrected chi connectivity index (χ3v) is 5.90. The molecule has 3 N–H and O–H groups in total. The molecule has 28 heavy (non-hydrogen) atoms. The lowest BCUT2D eigenvalue weighted by Gasteiger charge is -2.12. The molecule has 1 aliphatic carbocycles. The summed E-state index contributed by atoms with van der Waals surface area (Å²) in [5.74, 6) is 1.04. The van der Waals surface area contributed by atoms with Crippen LogP contribution in [0.2, 0.25) is 0 Å². The fraction of sp³-hybridized carbons (Fsp3) is 0.350. The number of benzene rings is 2. The molecule has 0 unspecified atom stereocenters. The van der Waals surface area contributed by atoms with E-state index in [4.69, 9.17) is 0 Å². The lowest BCUT2D eigenvalue weighted by atomic mass is 10.2. The molecule has 3 rings (SSSR count). The van der Waals surface area contributed by atoms with Crippen molar-refractivity contribution in [1.29, 1.82) is 0 Å². The molecule has 1 fully saturated rings. The van der Waals surface area contributed by atoms with Gasteiger partial charge in [0.25, 0.3) is 0 Å². The van der Waals surface area contributed by atoms with E-state index in [9.17, 15) is 12.8 Å². The van der Waals surface area contributed by atoms with Gasteiger partial charge >= 0.3 is 0 Å². The molecule has 0 aromatic heterocycles. The predicted octanol–water partition coefficient (Wildman–Crippen LogP) is 2.38. The molecule has 2 aromatic rings. The van der Waals surface area contributed by atoms with E-state index >= 15 is 0 Å². The number of guanidine groups is 1. The molecule has 0 spiro atoms. The average Bonchev–Trinajstić information content (AvgIpc) is 3.51. The lowest BCUT2D eigenvalue weighted by Crippen LogP contribution is -2.37. The summed E-state index contributed by atoms with van der Waals surface area (Å²) in [7, 11) is -1.99. The van der Waals surface area contributed by atoms with Gasteiger partial charge in [0.2, 0.25) is 10.0 Å². The maximum atomic E-state index is 13.2. The van der Waals surface area contributed by atoms with Crippen molar-refractivity contribution in [3.63, 3.8) is 0 Å². The first-order valence-electron chi connectivity index (χ1n) is 9.24. The molecule has 1 aliphatic rings. The van der Waals surface area contributed by atoms with Gasteiger partial charge in [-0.05, 0) is 54.2 Å². The largest absolute Gasteiger partial charge is 0.356 e. The average molecular weight is 405 g/mol. The molecule has 2 aromatic carbocycles. The van der Waals surface area contributed by atoms with Crippen molar-refractivity contribution in [3.8, 4) is 0 Å². The van der Waals surface area contributed by atoms with Crippen LogP contribution in [0.3, 0.4) is 0 Å². The van der Waals surface area contributed by atoms with Crippen LogP contribution in [0.5, 0.6) is 0 Å². The summed E-state index contributed by atoms with van der Waals surface area (Å²) < 4.78 is 40.9. The van der Waals surface area contributed by atoms with Crippen LogP contribution in [-0.2, 0) is 23.1 Å². The summed E-state index contributed by atoms with van der Waals surface area (Å²) in [6.45, 7) is 1.38. The van der Waals surface area contributed by atoms with E-state index in [0.29, 0.717) is 18.1 Å². The number of aliphatic imine (C=N–C) groups is 1. The number of hydrogen-bond donors (Lipinski definition) is 3. The molecule has 0 bridgehead atoms. The Bertz CT molecular complexity index is 943. The van der Waals surface area contributed by atoms with E-state index in [-0.39, 0.29) is 11.4 Å². The van der Waals surface area contributed by atoms with Gasteiger partial charge in [-0.15, -0.1) is 0 Å². The third-order valence-electron chi connectivity index (χ3n) is 4.50. The fourth-order valence-electron chi connectivity index (χ4n) is 2.70. The molecule has 150 valence electrons. The Morgan fingerprint density at radius 1 is 1.07 bits per heavy atom. The zero-order valence-electron chi connectivity index (χ0n) is 15.8. The maximum Gasteiger partial charge on any atom is 0.240 e. The number of rotatable bonds is 8. The van der Waals surface area contributed by atoms with Gasteiger partial charge in [0.15, 0.2) is 5.96 Å². The van der Waals surface area contributed by atoms with Gasteiger partial charge in [-0.3, -0.25) is 4.99 Å². The van der Waals surface area contributed by atoms with Crippen LogP contribution in [0.15, 0.2) is 58.4 Å². The molecular weight excluding hydrogens is 379 g/mol. The van der Waals surface area contributed by atoms with Crippen molar-refractivity contribution in [1.82, 2.24) is 15.4 Å². The molecule has 0 radical (unpaired) electrons. The van der Waals surface area contributed by atoms with E-state index in [1.807, 2.05) is 6.07 Å². The van der Waals surface area contributed by atoms with Crippen LogP contribution in [0, 0.1) is 11.7 Å². The summed E-state index contributed by atoms with van der Waals surface area (Å²) in [5, 5.41) is 6.46. The zero-order valence-corrected chi connectivity index (χ0v) is 16.6. The van der Waals surface area contributed by atoms with Gasteiger partial charge in [-0.2, -0.15) is 0 Å². The Labute approximate surface area is 165 Å². The van der Waals surface area contributed by atoms with Crippen LogP contribution in [-0.4, -0.2) is 28.0 Å². The molecule has 0 saturated heterocycles. The summed E-state index contributed by atoms with van der Waals surface area (Å²) in [6, 6.07) is 12.6. The Kier molecular flexibility index (Phi) is 6.64. The lowest BCUT2D eigenvalue weighted by molar-refractivity contribution is 0.580. The molecule has 6 nitrogen and oxygen atoms in total. The number of nitrogens with one attached hydrogen (secondary N) is 3. The van der Waals surface area contributed by atoms with E-state index < -0.39 is 15.8 Å². The Balaban J connectivity index is 1.59. The van der Waals surface area contributed by atoms with Gasteiger partial charge in [0, 0.05) is 26.7 Å². The minimum absolute atomic E-state index is 0.0281. The molecular formula is C20H25FN4O2S. The van der Waals surface area contributed by atoms with Gasteiger partial charge < -0.3 is 10.6 Å². The second-order valence-corrected chi connectivity index (χ2v) is 8.62. The monoisotopic (exact) mass is 404 g/mol. The first-order valence-corrected chi connectivity index (χ1v) is 10.7. The van der Waals surface area contributed by atoms with Crippen LogP contribution >= 0.6 is 0 Å². The zero-order chi connectivity index (χ0) is 20.0. The van der Waals surface area contributed by atoms with Crippen LogP contribution in [0.25, 0.3) is 0 Å². The molecule has 0 amide bonds. The van der Waals surface area contributed by atoms with Crippen LogP contribution < -0.4 is 15.4 Å². The van der Waals surface area contributed by atoms with Crippen molar-refractivity contribution >= 4 is 16.0 Å². The highest BCUT2D eigenvalue weighted by molar-refractivity contribution is 7.89. The Hall–Kier alpha value is -2.45. The van der Waals surface area contributed by atoms with Crippen LogP contribution in [0.1, 0.15) is 24.0 Å². The van der Waals surface area contributed by atoms with E-state index in [0.717, 1.165) is 18.0 Å². The second kappa shape index (κ2) is 9.16. The van der Waals surface area contributed by atoms with E-state index in [1.54, 1.807) is 31.3 Å². The SMILES string of the molecule is CN=C(NCc1cccc(S(=O)(=O)NCc2cccc(F)c2)c1)NCC1CC1. The van der Waals surface area contributed by atoms with Gasteiger partial charge in [-0.1, -0.05) is 24.3 Å². The minimum atomic E-state index is -3.70. The first-order chi connectivity index (χ1) is 13.5. The predicted molar refractivity (Wildman–Crippen MR) is 108 cm³/mol. The summed E-state index contributed by atoms with van der Waals surface area (Å²) in [6.07, 6.45) is 2.51. The van der Waals surface area contributed by atoms with Gasteiger partial charge in [-0.25, -0.2) is 17.5 Å². The summed E-state index contributed by atoms with van der Waals surface area (Å²) in [4.78, 5) is 4.35. The van der Waals surface area contributed by atoms with Crippen molar-refractivity contribution in [2.45, 2.75) is 30.8 Å². The minimum Gasteiger partial charge on any atom is -0.356 e. The Morgan fingerprint density at radius 3 is 2.46 bits per heavy atom. The van der Waals surface area contributed by atoms with E-state index in [1.165, 1.54) is 31.0 Å². The standard InChI is InChI=1S/C20H25FN4O2S/c1-22-20(23-12-15-8-9-15)24-13-17-5-3-7-19(11-17)28(26,27)25-14-16-4-2-6-18(21)10-16/h2-7,10-11,15,25H,8-9,12-14H2,1H3,(H2,22,23,24). The van der Waals surface area contributed by atoms with Gasteiger partial charge in [0.1, 0.15) is 5.82 Å². The van der Waals surface area contributed by atoms with Gasteiger partial charge in [0.05, 0.1) is 4.90 Å². The summed E-state index contributed by atoms with van der Waals surface area (Å²) >= 11 is 0. The first kappa shape index (κ1) is 20.3. The maximum absolute atomic E-state index is 13.2. The van der Waals surface area contributed by atoms with E-state index in [2.05, 4.69) is 20.3 Å². The normalized spacial score (nSPS) is 14.7. The van der Waals surface area contributed by atoms with Crippen molar-refractivity contribution < 1.29 is 12.8 Å². The molecule has 0 heterocycles. The van der Waals surface area contributed by atoms with Crippen molar-refractivity contribution in [2.75, 3.05) is 13.6 Å². The highest BCUT2D eigenvalue weighted by atomic mass is 32.2. The highest BCUT2D eigenvalue weighted by Gasteiger charge is 2.21. The number of sulfonamides is 1. The topological polar surface area (TPSA) is 82.6 Å². The molecule has 0 aliphatic heterocycles. The highest BCUT2D eigenvalue weighted by Crippen LogP contribution is 2.27. The van der Waals surface area contributed by atoms with Crippen molar-refractivity contribution in [3.05, 3.63) is 65.5 Å². The molecule has 8 heteroatoms.